The fourth-order valence-corrected chi connectivity index (χ4v) is 4.26. The van der Waals surface area contributed by atoms with Crippen LogP contribution in [0.1, 0.15) is 31.2 Å². The molecule has 0 unspecified atom stereocenters. The number of hydrogen-bond acceptors (Lipinski definition) is 4. The van der Waals surface area contributed by atoms with E-state index in [1.165, 1.54) is 0 Å². The lowest BCUT2D eigenvalue weighted by Crippen LogP contribution is -2.53. The van der Waals surface area contributed by atoms with Crippen molar-refractivity contribution in [2.75, 3.05) is 0 Å². The van der Waals surface area contributed by atoms with Gasteiger partial charge in [-0.1, -0.05) is 30.3 Å². The fourth-order valence-electron chi connectivity index (χ4n) is 2.41. The predicted molar refractivity (Wildman–Crippen MR) is 72.4 cm³/mol. The van der Waals surface area contributed by atoms with Crippen LogP contribution in [0, 0.1) is 0 Å². The lowest BCUT2D eigenvalue weighted by atomic mass is 9.90. The molecule has 1 fully saturated rings. The van der Waals surface area contributed by atoms with Gasteiger partial charge >= 0.3 is 0 Å². The van der Waals surface area contributed by atoms with Gasteiger partial charge in [0.15, 0.2) is 9.84 Å². The minimum Gasteiger partial charge on any atom is -0.313 e. The Kier molecular flexibility index (Phi) is 3.75. The van der Waals surface area contributed by atoms with Gasteiger partial charge in [-0.05, 0) is 31.2 Å². The predicted octanol–water partition coefficient (Wildman–Crippen LogP) is 1.16. The summed E-state index contributed by atoms with van der Waals surface area (Å²) in [6, 6.07) is 9.29. The molecule has 0 heterocycles. The van der Waals surface area contributed by atoms with E-state index >= 15 is 0 Å². The molecule has 1 saturated carbocycles. The molecule has 5 heteroatoms. The van der Waals surface area contributed by atoms with Crippen molar-refractivity contribution in [2.24, 2.45) is 11.5 Å². The van der Waals surface area contributed by atoms with Crippen molar-refractivity contribution in [3.05, 3.63) is 35.9 Å². The van der Waals surface area contributed by atoms with E-state index < -0.39 is 15.5 Å². The van der Waals surface area contributed by atoms with Gasteiger partial charge < -0.3 is 11.5 Å². The van der Waals surface area contributed by atoms with E-state index in [4.69, 9.17) is 11.5 Å². The normalized spacial score (nSPS) is 20.8. The van der Waals surface area contributed by atoms with Crippen molar-refractivity contribution < 1.29 is 8.42 Å². The summed E-state index contributed by atoms with van der Waals surface area (Å²) < 4.78 is 24.6. The van der Waals surface area contributed by atoms with Crippen LogP contribution in [0.15, 0.2) is 30.3 Å². The molecule has 0 radical (unpaired) electrons. The maximum absolute atomic E-state index is 12.3. The van der Waals surface area contributed by atoms with Crippen molar-refractivity contribution in [1.82, 2.24) is 0 Å². The second-order valence-corrected chi connectivity index (χ2v) is 7.51. The molecule has 1 aromatic rings. The van der Waals surface area contributed by atoms with Gasteiger partial charge in [0.05, 0.1) is 16.7 Å². The highest BCUT2D eigenvalue weighted by Gasteiger charge is 2.34. The van der Waals surface area contributed by atoms with Gasteiger partial charge in [-0.3, -0.25) is 0 Å². The zero-order valence-electron chi connectivity index (χ0n) is 10.4. The third kappa shape index (κ3) is 3.31. The largest absolute Gasteiger partial charge is 0.313 e. The van der Waals surface area contributed by atoms with E-state index in [-0.39, 0.29) is 11.0 Å². The van der Waals surface area contributed by atoms with Crippen LogP contribution in [0.3, 0.4) is 0 Å². The van der Waals surface area contributed by atoms with Crippen LogP contribution in [0.25, 0.3) is 0 Å². The lowest BCUT2D eigenvalue weighted by Gasteiger charge is -2.33. The van der Waals surface area contributed by atoms with E-state index in [1.54, 1.807) is 0 Å². The minimum atomic E-state index is -3.10. The Morgan fingerprint density at radius 2 is 1.67 bits per heavy atom. The molecule has 4 N–H and O–H groups in total. The highest BCUT2D eigenvalue weighted by molar-refractivity contribution is 7.91. The Morgan fingerprint density at radius 1 is 1.11 bits per heavy atom. The molecule has 18 heavy (non-hydrogen) atoms. The van der Waals surface area contributed by atoms with Crippen molar-refractivity contribution in [3.63, 3.8) is 0 Å². The summed E-state index contributed by atoms with van der Waals surface area (Å²) in [7, 11) is -3.10. The lowest BCUT2D eigenvalue weighted by molar-refractivity contribution is 0.306. The van der Waals surface area contributed by atoms with Crippen molar-refractivity contribution in [1.29, 1.82) is 0 Å². The van der Waals surface area contributed by atoms with E-state index in [0.29, 0.717) is 25.7 Å². The first-order valence-electron chi connectivity index (χ1n) is 6.22. The van der Waals surface area contributed by atoms with Crippen LogP contribution in [-0.4, -0.2) is 19.3 Å². The second kappa shape index (κ2) is 4.99. The number of nitrogens with two attached hydrogens (primary N) is 2. The molecule has 1 aliphatic carbocycles. The van der Waals surface area contributed by atoms with E-state index in [1.807, 2.05) is 30.3 Å². The maximum Gasteiger partial charge on any atom is 0.157 e. The summed E-state index contributed by atoms with van der Waals surface area (Å²) in [5.74, 6) is 0.112. The zero-order chi connectivity index (χ0) is 13.2. The van der Waals surface area contributed by atoms with Gasteiger partial charge in [0.25, 0.3) is 0 Å². The average Bonchev–Trinajstić information content (AvgIpc) is 2.29. The summed E-state index contributed by atoms with van der Waals surface area (Å²) in [5, 5.41) is -0.294. The van der Waals surface area contributed by atoms with E-state index in [0.717, 1.165) is 5.56 Å². The molecule has 1 aromatic carbocycles. The van der Waals surface area contributed by atoms with Gasteiger partial charge in [-0.15, -0.1) is 0 Å². The molecule has 0 amide bonds. The Balaban J connectivity index is 2.04. The standard InChI is InChI=1S/C13H20N2O2S/c14-13(15)8-6-12(7-9-13)18(16,17)10-11-4-2-1-3-5-11/h1-5,12H,6-10,14-15H2. The van der Waals surface area contributed by atoms with Gasteiger partial charge in [-0.25, -0.2) is 8.42 Å². The summed E-state index contributed by atoms with van der Waals surface area (Å²) in [4.78, 5) is 0. The molecule has 0 aliphatic heterocycles. The van der Waals surface area contributed by atoms with Crippen LogP contribution in [-0.2, 0) is 15.6 Å². The van der Waals surface area contributed by atoms with Crippen LogP contribution < -0.4 is 11.5 Å². The Labute approximate surface area is 108 Å². The molecule has 2 rings (SSSR count). The van der Waals surface area contributed by atoms with Crippen LogP contribution in [0.5, 0.6) is 0 Å². The minimum absolute atomic E-state index is 0.112. The molecule has 0 atom stereocenters. The van der Waals surface area contributed by atoms with E-state index in [2.05, 4.69) is 0 Å². The molecule has 0 saturated heterocycles. The number of sulfone groups is 1. The molecular formula is C13H20N2O2S. The summed E-state index contributed by atoms with van der Waals surface area (Å²) >= 11 is 0. The van der Waals surface area contributed by atoms with Crippen LogP contribution in [0.2, 0.25) is 0 Å². The smallest absolute Gasteiger partial charge is 0.157 e. The van der Waals surface area contributed by atoms with Crippen molar-refractivity contribution in [3.8, 4) is 0 Å². The monoisotopic (exact) mass is 268 g/mol. The summed E-state index contributed by atoms with van der Waals surface area (Å²) in [6.07, 6.45) is 2.29. The molecule has 1 aliphatic rings. The van der Waals surface area contributed by atoms with Crippen molar-refractivity contribution >= 4 is 9.84 Å². The van der Waals surface area contributed by atoms with Gasteiger partial charge in [0, 0.05) is 0 Å². The quantitative estimate of drug-likeness (QED) is 0.805. The summed E-state index contributed by atoms with van der Waals surface area (Å²) in [5.41, 5.74) is 11.8. The molecule has 0 bridgehead atoms. The Morgan fingerprint density at radius 3 is 2.22 bits per heavy atom. The molecular weight excluding hydrogens is 248 g/mol. The number of benzene rings is 1. The van der Waals surface area contributed by atoms with E-state index in [9.17, 15) is 8.42 Å². The number of hydrogen-bond donors (Lipinski definition) is 2. The fraction of sp³-hybridized carbons (Fsp3) is 0.538. The molecule has 100 valence electrons. The Bertz CT molecular complexity index is 487. The average molecular weight is 268 g/mol. The summed E-state index contributed by atoms with van der Waals surface area (Å²) in [6.45, 7) is 0. The number of rotatable bonds is 3. The highest BCUT2D eigenvalue weighted by Crippen LogP contribution is 2.28. The first-order chi connectivity index (χ1) is 8.39. The SMILES string of the molecule is NC1(N)CCC(S(=O)(=O)Cc2ccccc2)CC1. The highest BCUT2D eigenvalue weighted by atomic mass is 32.2. The Hall–Kier alpha value is -0.910. The third-order valence-corrected chi connectivity index (χ3v) is 5.80. The maximum atomic E-state index is 12.3. The van der Waals surface area contributed by atoms with Crippen LogP contribution >= 0.6 is 0 Å². The topological polar surface area (TPSA) is 86.2 Å². The first-order valence-corrected chi connectivity index (χ1v) is 7.94. The van der Waals surface area contributed by atoms with Crippen molar-refractivity contribution in [2.45, 2.75) is 42.3 Å². The third-order valence-electron chi connectivity index (χ3n) is 3.58. The van der Waals surface area contributed by atoms with Crippen LogP contribution in [0.4, 0.5) is 0 Å². The molecule has 4 nitrogen and oxygen atoms in total. The van der Waals surface area contributed by atoms with Gasteiger partial charge in [-0.2, -0.15) is 0 Å². The van der Waals surface area contributed by atoms with Gasteiger partial charge in [0.1, 0.15) is 0 Å². The second-order valence-electron chi connectivity index (χ2n) is 5.23. The first kappa shape index (κ1) is 13.5. The van der Waals surface area contributed by atoms with Gasteiger partial charge in [0.2, 0.25) is 0 Å². The molecule has 0 aromatic heterocycles. The zero-order valence-corrected chi connectivity index (χ0v) is 11.2. The molecule has 0 spiro atoms.